The topological polar surface area (TPSA) is 18.5 Å². The molecule has 0 bridgehead atoms. The Bertz CT molecular complexity index is 373. The third kappa shape index (κ3) is 3.26. The van der Waals surface area contributed by atoms with Crippen molar-refractivity contribution < 1.29 is 9.47 Å². The highest BCUT2D eigenvalue weighted by Gasteiger charge is 2.23. The largest absolute Gasteiger partial charge is 0.490 e. The lowest BCUT2D eigenvalue weighted by molar-refractivity contribution is 0.0206. The van der Waals surface area contributed by atoms with E-state index in [0.29, 0.717) is 18.1 Å². The van der Waals surface area contributed by atoms with E-state index >= 15 is 0 Å². The van der Waals surface area contributed by atoms with E-state index < -0.39 is 0 Å². The molecule has 0 spiro atoms. The number of ether oxygens (including phenoxy) is 2. The van der Waals surface area contributed by atoms with E-state index in [2.05, 4.69) is 38.1 Å². The maximum Gasteiger partial charge on any atom is 0.123 e. The third-order valence-electron chi connectivity index (χ3n) is 3.75. The lowest BCUT2D eigenvalue weighted by Crippen LogP contribution is -2.29. The zero-order valence-corrected chi connectivity index (χ0v) is 11.7. The monoisotopic (exact) mass is 248 g/mol. The van der Waals surface area contributed by atoms with Crippen molar-refractivity contribution >= 4 is 0 Å². The van der Waals surface area contributed by atoms with Gasteiger partial charge in [0.25, 0.3) is 0 Å². The lowest BCUT2D eigenvalue weighted by atomic mass is 9.94. The number of para-hydroxylation sites is 1. The van der Waals surface area contributed by atoms with Crippen LogP contribution >= 0.6 is 0 Å². The van der Waals surface area contributed by atoms with Gasteiger partial charge in [0.1, 0.15) is 11.9 Å². The summed E-state index contributed by atoms with van der Waals surface area (Å²) in [4.78, 5) is 0. The Labute approximate surface area is 110 Å². The van der Waals surface area contributed by atoms with Crippen LogP contribution in [0.4, 0.5) is 0 Å². The summed E-state index contributed by atoms with van der Waals surface area (Å²) < 4.78 is 11.7. The smallest absolute Gasteiger partial charge is 0.123 e. The van der Waals surface area contributed by atoms with Gasteiger partial charge in [0.05, 0.1) is 6.10 Å². The van der Waals surface area contributed by atoms with Gasteiger partial charge in [-0.05, 0) is 36.8 Å². The third-order valence-corrected chi connectivity index (χ3v) is 3.75. The van der Waals surface area contributed by atoms with Crippen molar-refractivity contribution in [3.63, 3.8) is 0 Å². The Hall–Kier alpha value is -1.02. The van der Waals surface area contributed by atoms with Gasteiger partial charge in [0, 0.05) is 13.5 Å². The molecule has 0 N–H and O–H groups in total. The molecule has 2 rings (SSSR count). The molecule has 1 aromatic rings. The molecule has 1 saturated carbocycles. The molecule has 1 aliphatic rings. The average Bonchev–Trinajstić information content (AvgIpc) is 2.39. The fourth-order valence-corrected chi connectivity index (χ4v) is 2.67. The molecule has 1 aliphatic carbocycles. The summed E-state index contributed by atoms with van der Waals surface area (Å²) in [6.45, 7) is 4.42. The van der Waals surface area contributed by atoms with Gasteiger partial charge in [0.15, 0.2) is 0 Å². The van der Waals surface area contributed by atoms with Crippen molar-refractivity contribution in [2.45, 2.75) is 57.7 Å². The van der Waals surface area contributed by atoms with Gasteiger partial charge < -0.3 is 9.47 Å². The fourth-order valence-electron chi connectivity index (χ4n) is 2.67. The van der Waals surface area contributed by atoms with Crippen molar-refractivity contribution in [3.8, 4) is 5.75 Å². The molecule has 2 nitrogen and oxygen atoms in total. The summed E-state index contributed by atoms with van der Waals surface area (Å²) in [7, 11) is 1.80. The van der Waals surface area contributed by atoms with Crippen LogP contribution in [0.5, 0.6) is 5.75 Å². The molecular weight excluding hydrogens is 224 g/mol. The number of rotatable bonds is 4. The number of benzene rings is 1. The number of methoxy groups -OCH3 is 1. The van der Waals surface area contributed by atoms with E-state index in [1.165, 1.54) is 18.4 Å². The van der Waals surface area contributed by atoms with E-state index in [0.717, 1.165) is 18.6 Å². The zero-order chi connectivity index (χ0) is 13.0. The van der Waals surface area contributed by atoms with Crippen LogP contribution < -0.4 is 4.74 Å². The maximum atomic E-state index is 6.20. The summed E-state index contributed by atoms with van der Waals surface area (Å²) in [6.07, 6.45) is 5.21. The Kier molecular flexibility index (Phi) is 4.65. The summed E-state index contributed by atoms with van der Waals surface area (Å²) in [5.41, 5.74) is 1.30. The molecule has 100 valence electrons. The molecule has 0 aromatic heterocycles. The summed E-state index contributed by atoms with van der Waals surface area (Å²) in [5.74, 6) is 1.55. The fraction of sp³-hybridized carbons (Fsp3) is 0.625. The van der Waals surface area contributed by atoms with Gasteiger partial charge in [-0.1, -0.05) is 32.0 Å². The number of hydrogen-bond acceptors (Lipinski definition) is 2. The molecule has 0 radical (unpaired) electrons. The first-order valence-electron chi connectivity index (χ1n) is 6.99. The molecule has 1 aromatic carbocycles. The van der Waals surface area contributed by atoms with Crippen molar-refractivity contribution in [1.29, 1.82) is 0 Å². The molecule has 0 heterocycles. The normalized spacial score (nSPS) is 24.2. The van der Waals surface area contributed by atoms with Gasteiger partial charge in [-0.2, -0.15) is 0 Å². The van der Waals surface area contributed by atoms with E-state index in [1.807, 2.05) is 0 Å². The highest BCUT2D eigenvalue weighted by molar-refractivity contribution is 5.35. The predicted octanol–water partition coefficient (Wildman–Crippen LogP) is 4.15. The minimum Gasteiger partial charge on any atom is -0.490 e. The van der Waals surface area contributed by atoms with Gasteiger partial charge in [-0.3, -0.25) is 0 Å². The van der Waals surface area contributed by atoms with Crippen molar-refractivity contribution in [1.82, 2.24) is 0 Å². The standard InChI is InChI=1S/C16H24O2/c1-12(2)15-9-4-5-10-16(15)18-14-8-6-7-13(11-14)17-3/h4-5,9-10,12-14H,6-8,11H2,1-3H3. The first-order valence-corrected chi connectivity index (χ1v) is 6.99. The molecule has 0 aliphatic heterocycles. The minimum absolute atomic E-state index is 0.309. The van der Waals surface area contributed by atoms with Crippen molar-refractivity contribution in [3.05, 3.63) is 29.8 Å². The summed E-state index contributed by atoms with van der Waals surface area (Å²) in [5, 5.41) is 0. The molecule has 18 heavy (non-hydrogen) atoms. The van der Waals surface area contributed by atoms with Crippen LogP contribution in [-0.2, 0) is 4.74 Å². The minimum atomic E-state index is 0.309. The Balaban J connectivity index is 2.04. The van der Waals surface area contributed by atoms with Gasteiger partial charge in [0.2, 0.25) is 0 Å². The quantitative estimate of drug-likeness (QED) is 0.797. The van der Waals surface area contributed by atoms with E-state index in [9.17, 15) is 0 Å². The van der Waals surface area contributed by atoms with E-state index in [-0.39, 0.29) is 0 Å². The van der Waals surface area contributed by atoms with Gasteiger partial charge in [-0.25, -0.2) is 0 Å². The van der Waals surface area contributed by atoms with E-state index in [4.69, 9.17) is 9.47 Å². The highest BCUT2D eigenvalue weighted by Crippen LogP contribution is 2.30. The van der Waals surface area contributed by atoms with Crippen LogP contribution in [0, 0.1) is 0 Å². The predicted molar refractivity (Wildman–Crippen MR) is 74.2 cm³/mol. The SMILES string of the molecule is COC1CCCC(Oc2ccccc2C(C)C)C1. The van der Waals surface area contributed by atoms with Crippen LogP contribution in [0.1, 0.15) is 51.0 Å². The van der Waals surface area contributed by atoms with E-state index in [1.54, 1.807) is 7.11 Å². The van der Waals surface area contributed by atoms with Crippen LogP contribution in [0.2, 0.25) is 0 Å². The van der Waals surface area contributed by atoms with Crippen LogP contribution in [0.3, 0.4) is 0 Å². The Morgan fingerprint density at radius 3 is 2.56 bits per heavy atom. The first-order chi connectivity index (χ1) is 8.70. The zero-order valence-electron chi connectivity index (χ0n) is 11.7. The van der Waals surface area contributed by atoms with Crippen LogP contribution in [0.25, 0.3) is 0 Å². The lowest BCUT2D eigenvalue weighted by Gasteiger charge is -2.29. The second kappa shape index (κ2) is 6.24. The highest BCUT2D eigenvalue weighted by atomic mass is 16.5. The molecular formula is C16H24O2. The molecule has 2 heteroatoms. The first kappa shape index (κ1) is 13.4. The molecule has 2 unspecified atom stereocenters. The van der Waals surface area contributed by atoms with Crippen LogP contribution in [-0.4, -0.2) is 19.3 Å². The maximum absolute atomic E-state index is 6.20. The Morgan fingerprint density at radius 1 is 1.11 bits per heavy atom. The molecule has 2 atom stereocenters. The van der Waals surface area contributed by atoms with Crippen molar-refractivity contribution in [2.75, 3.05) is 7.11 Å². The molecule has 1 fully saturated rings. The summed E-state index contributed by atoms with van der Waals surface area (Å²) in [6, 6.07) is 8.39. The second-order valence-corrected chi connectivity index (χ2v) is 5.46. The molecule has 0 amide bonds. The summed E-state index contributed by atoms with van der Waals surface area (Å²) >= 11 is 0. The Morgan fingerprint density at radius 2 is 1.83 bits per heavy atom. The van der Waals surface area contributed by atoms with Gasteiger partial charge >= 0.3 is 0 Å². The van der Waals surface area contributed by atoms with Gasteiger partial charge in [-0.15, -0.1) is 0 Å². The second-order valence-electron chi connectivity index (χ2n) is 5.46. The average molecular weight is 248 g/mol. The van der Waals surface area contributed by atoms with Crippen LogP contribution in [0.15, 0.2) is 24.3 Å². The molecule has 0 saturated heterocycles. The number of hydrogen-bond donors (Lipinski definition) is 0. The van der Waals surface area contributed by atoms with Crippen molar-refractivity contribution in [2.24, 2.45) is 0 Å².